The van der Waals surface area contributed by atoms with Crippen LogP contribution in [0, 0.1) is 0 Å². The van der Waals surface area contributed by atoms with E-state index in [9.17, 15) is 0 Å². The predicted molar refractivity (Wildman–Crippen MR) is 195 cm³/mol. The van der Waals surface area contributed by atoms with E-state index >= 15 is 0 Å². The van der Waals surface area contributed by atoms with Crippen molar-refractivity contribution in [1.29, 1.82) is 0 Å². The number of likely N-dealkylation sites (tertiary alicyclic amines) is 2. The Bertz CT molecular complexity index is 1890. The molecule has 6 aromatic rings. The Morgan fingerprint density at radius 1 is 0.500 bits per heavy atom. The van der Waals surface area contributed by atoms with Crippen LogP contribution < -0.4 is 9.47 Å². The topological polar surface area (TPSA) is 50.7 Å². The number of nitrogens with zero attached hydrogens (tertiary/aromatic N) is 4. The number of fused-ring (bicyclic) bond motifs is 3. The van der Waals surface area contributed by atoms with Gasteiger partial charge < -0.3 is 9.47 Å². The van der Waals surface area contributed by atoms with Crippen molar-refractivity contribution in [2.24, 2.45) is 0 Å². The zero-order chi connectivity index (χ0) is 32.5. The van der Waals surface area contributed by atoms with Crippen molar-refractivity contribution in [3.8, 4) is 11.8 Å². The van der Waals surface area contributed by atoms with Gasteiger partial charge in [0.05, 0.1) is 22.9 Å². The molecule has 1 aromatic heterocycles. The number of rotatable bonds is 8. The molecule has 4 atom stereocenters. The van der Waals surface area contributed by atoms with E-state index in [2.05, 4.69) is 133 Å². The lowest BCUT2D eigenvalue weighted by Gasteiger charge is -2.39. The van der Waals surface area contributed by atoms with Crippen LogP contribution >= 0.6 is 0 Å². The molecule has 6 heteroatoms. The fourth-order valence-electron chi connectivity index (χ4n) is 8.13. The lowest BCUT2D eigenvalue weighted by Crippen LogP contribution is -2.42. The lowest BCUT2D eigenvalue weighted by molar-refractivity contribution is 0.0512. The second-order valence-electron chi connectivity index (χ2n) is 13.7. The molecule has 48 heavy (non-hydrogen) atoms. The minimum Gasteiger partial charge on any atom is -0.466 e. The molecular formula is C42H44N4O2. The molecule has 2 saturated heterocycles. The Morgan fingerprint density at radius 3 is 1.33 bits per heavy atom. The predicted octanol–water partition coefficient (Wildman–Crippen LogP) is 9.15. The normalized spacial score (nSPS) is 20.5. The second kappa shape index (κ2) is 13.5. The van der Waals surface area contributed by atoms with Gasteiger partial charge in [0.1, 0.15) is 12.2 Å². The molecule has 244 valence electrons. The van der Waals surface area contributed by atoms with Crippen molar-refractivity contribution >= 4 is 32.3 Å². The van der Waals surface area contributed by atoms with Crippen LogP contribution in [-0.4, -0.2) is 59.3 Å². The summed E-state index contributed by atoms with van der Waals surface area (Å²) in [5, 5.41) is 16.3. The van der Waals surface area contributed by atoms with E-state index in [4.69, 9.17) is 19.7 Å². The summed E-state index contributed by atoms with van der Waals surface area (Å²) in [5.74, 6) is 1.10. The van der Waals surface area contributed by atoms with Gasteiger partial charge in [-0.25, -0.2) is 0 Å². The molecule has 8 rings (SSSR count). The molecule has 2 aliphatic rings. The number of aromatic nitrogens is 2. The summed E-state index contributed by atoms with van der Waals surface area (Å²) in [6, 6.07) is 39.0. The number of benzene rings is 5. The number of likely N-dealkylation sites (N-methyl/N-ethyl adjacent to an activating group) is 2. The monoisotopic (exact) mass is 636 g/mol. The van der Waals surface area contributed by atoms with Crippen LogP contribution in [0.4, 0.5) is 0 Å². The summed E-state index contributed by atoms with van der Waals surface area (Å²) in [6.45, 7) is 2.11. The van der Waals surface area contributed by atoms with E-state index in [1.165, 1.54) is 58.4 Å². The van der Waals surface area contributed by atoms with Crippen LogP contribution in [0.25, 0.3) is 32.3 Å². The largest absolute Gasteiger partial charge is 0.466 e. The first-order chi connectivity index (χ1) is 23.7. The maximum Gasteiger partial charge on any atom is 0.242 e. The van der Waals surface area contributed by atoms with Crippen molar-refractivity contribution in [2.45, 2.75) is 62.8 Å². The van der Waals surface area contributed by atoms with Crippen molar-refractivity contribution in [1.82, 2.24) is 20.0 Å². The SMILES string of the molecule is CN1CCCC[C@H]1[C@H](Oc1nnc(O[C@H](c2cccc3ccccc23)[C@@H]2CCCCN2C)c2ccccc12)c1cccc2ccccc12. The van der Waals surface area contributed by atoms with Gasteiger partial charge in [-0.2, -0.15) is 0 Å². The Morgan fingerprint density at radius 2 is 0.896 bits per heavy atom. The lowest BCUT2D eigenvalue weighted by atomic mass is 9.90. The van der Waals surface area contributed by atoms with Gasteiger partial charge in [-0.3, -0.25) is 9.80 Å². The highest BCUT2D eigenvalue weighted by molar-refractivity contribution is 5.91. The first-order valence-corrected chi connectivity index (χ1v) is 17.6. The fourth-order valence-corrected chi connectivity index (χ4v) is 8.13. The summed E-state index contributed by atoms with van der Waals surface area (Å²) in [7, 11) is 4.45. The molecule has 2 fully saturated rings. The molecule has 2 aliphatic heterocycles. The molecular weight excluding hydrogens is 592 g/mol. The smallest absolute Gasteiger partial charge is 0.242 e. The van der Waals surface area contributed by atoms with Gasteiger partial charge in [0.25, 0.3) is 0 Å². The van der Waals surface area contributed by atoms with Crippen LogP contribution in [0.5, 0.6) is 11.8 Å². The quantitative estimate of drug-likeness (QED) is 0.166. The van der Waals surface area contributed by atoms with Crippen molar-refractivity contribution < 1.29 is 9.47 Å². The van der Waals surface area contributed by atoms with Crippen LogP contribution in [0.2, 0.25) is 0 Å². The second-order valence-corrected chi connectivity index (χ2v) is 13.7. The van der Waals surface area contributed by atoms with Crippen molar-refractivity contribution in [3.63, 3.8) is 0 Å². The van der Waals surface area contributed by atoms with Crippen molar-refractivity contribution in [3.05, 3.63) is 120 Å². The molecule has 3 heterocycles. The molecule has 0 bridgehead atoms. The highest BCUT2D eigenvalue weighted by Crippen LogP contribution is 2.41. The number of ether oxygens (including phenoxy) is 2. The first-order valence-electron chi connectivity index (χ1n) is 17.6. The first kappa shape index (κ1) is 30.8. The standard InChI is InChI=1S/C42H44N4O2/c1-45-27-11-9-25-37(45)39(33-23-13-17-29-15-3-5-19-31(29)33)47-41-35-21-7-8-22-36(35)42(44-43-41)48-40(38-26-10-12-28-46(38)2)34-24-14-18-30-16-4-6-20-32(30)34/h3-8,13-24,37-40H,9-12,25-28H2,1-2H3/t37-,38-,39+,40+/m0/s1. The number of piperidine rings is 2. The summed E-state index contributed by atoms with van der Waals surface area (Å²) in [6.07, 6.45) is 6.51. The van der Waals surface area contributed by atoms with Crippen LogP contribution in [0.15, 0.2) is 109 Å². The van der Waals surface area contributed by atoms with Crippen LogP contribution in [-0.2, 0) is 0 Å². The van der Waals surface area contributed by atoms with Crippen molar-refractivity contribution in [2.75, 3.05) is 27.2 Å². The van der Waals surface area contributed by atoms with Gasteiger partial charge in [0, 0.05) is 11.1 Å². The number of hydrogen-bond acceptors (Lipinski definition) is 6. The Hall–Kier alpha value is -4.52. The summed E-state index contributed by atoms with van der Waals surface area (Å²) < 4.78 is 14.2. The molecule has 6 nitrogen and oxygen atoms in total. The zero-order valence-electron chi connectivity index (χ0n) is 28.0. The van der Waals surface area contributed by atoms with E-state index in [1.807, 2.05) is 0 Å². The molecule has 0 radical (unpaired) electrons. The third kappa shape index (κ3) is 5.88. The van der Waals surface area contributed by atoms with E-state index in [1.54, 1.807) is 0 Å². The fraction of sp³-hybridized carbons (Fsp3) is 0.333. The van der Waals surface area contributed by atoms with Crippen LogP contribution in [0.3, 0.4) is 0 Å². The van der Waals surface area contributed by atoms with E-state index in [0.29, 0.717) is 11.8 Å². The zero-order valence-corrected chi connectivity index (χ0v) is 28.0. The van der Waals surface area contributed by atoms with Gasteiger partial charge in [0.2, 0.25) is 11.8 Å². The van der Waals surface area contributed by atoms with E-state index in [0.717, 1.165) is 36.7 Å². The minimum absolute atomic E-state index is 0.204. The Balaban J connectivity index is 1.21. The highest BCUT2D eigenvalue weighted by atomic mass is 16.5. The Labute approximate surface area is 283 Å². The van der Waals surface area contributed by atoms with Gasteiger partial charge >= 0.3 is 0 Å². The molecule has 5 aromatic carbocycles. The van der Waals surface area contributed by atoms with Crippen LogP contribution in [0.1, 0.15) is 61.9 Å². The average molecular weight is 637 g/mol. The van der Waals surface area contributed by atoms with Gasteiger partial charge in [-0.15, -0.1) is 10.2 Å². The van der Waals surface area contributed by atoms with Gasteiger partial charge in [-0.05, 0) is 86.5 Å². The van der Waals surface area contributed by atoms with E-state index in [-0.39, 0.29) is 24.3 Å². The summed E-state index contributed by atoms with van der Waals surface area (Å²) in [4.78, 5) is 4.91. The molecule has 0 aliphatic carbocycles. The average Bonchev–Trinajstić information content (AvgIpc) is 3.14. The summed E-state index contributed by atoms with van der Waals surface area (Å²) >= 11 is 0. The maximum absolute atomic E-state index is 7.09. The summed E-state index contributed by atoms with van der Waals surface area (Å²) in [5.41, 5.74) is 2.38. The van der Waals surface area contributed by atoms with Gasteiger partial charge in [0.15, 0.2) is 0 Å². The molecule has 0 unspecified atom stereocenters. The maximum atomic E-state index is 7.09. The highest BCUT2D eigenvalue weighted by Gasteiger charge is 2.35. The molecule has 0 spiro atoms. The molecule has 0 amide bonds. The third-order valence-electron chi connectivity index (χ3n) is 10.7. The number of hydrogen-bond donors (Lipinski definition) is 0. The molecule has 0 saturated carbocycles. The Kier molecular flexibility index (Phi) is 8.68. The van der Waals surface area contributed by atoms with Gasteiger partial charge in [-0.1, -0.05) is 110 Å². The molecule has 0 N–H and O–H groups in total. The van der Waals surface area contributed by atoms with E-state index < -0.39 is 0 Å². The minimum atomic E-state index is -0.204. The third-order valence-corrected chi connectivity index (χ3v) is 10.7.